The van der Waals surface area contributed by atoms with Gasteiger partial charge in [0.15, 0.2) is 12.2 Å². The lowest BCUT2D eigenvalue weighted by molar-refractivity contribution is -0.154. The van der Waals surface area contributed by atoms with E-state index in [-0.39, 0.29) is 0 Å². The highest BCUT2D eigenvalue weighted by atomic mass is 16.6. The zero-order valence-electron chi connectivity index (χ0n) is 11.9. The van der Waals surface area contributed by atoms with Crippen LogP contribution in [0.5, 0.6) is 0 Å². The molecule has 1 aliphatic rings. The smallest absolute Gasteiger partial charge is 0.378 e. The van der Waals surface area contributed by atoms with Crippen LogP contribution in [-0.2, 0) is 19.1 Å². The van der Waals surface area contributed by atoms with Crippen molar-refractivity contribution in [2.24, 2.45) is 0 Å². The van der Waals surface area contributed by atoms with Crippen LogP contribution in [0.1, 0.15) is 0 Å². The first-order valence-electron chi connectivity index (χ1n) is 6.73. The lowest BCUT2D eigenvalue weighted by Crippen LogP contribution is -2.49. The summed E-state index contributed by atoms with van der Waals surface area (Å²) >= 11 is 0. The van der Waals surface area contributed by atoms with E-state index >= 15 is 0 Å². The Balaban J connectivity index is 2.64. The number of aliphatic hydroxyl groups is 7. The monoisotopic (exact) mass is 340 g/mol. The predicted octanol–water partition coefficient (Wildman–Crippen LogP) is -5.34. The number of hydrogen-bond donors (Lipinski definition) is 7. The third-order valence-electron chi connectivity index (χ3n) is 3.34. The van der Waals surface area contributed by atoms with Crippen LogP contribution >= 0.6 is 0 Å². The van der Waals surface area contributed by atoms with Crippen molar-refractivity contribution in [2.75, 3.05) is 19.8 Å². The van der Waals surface area contributed by atoms with Crippen molar-refractivity contribution in [3.63, 3.8) is 0 Å². The van der Waals surface area contributed by atoms with Crippen LogP contribution in [0.4, 0.5) is 0 Å². The number of ether oxygens (including phenoxy) is 2. The summed E-state index contributed by atoms with van der Waals surface area (Å²) in [5, 5.41) is 64.7. The normalized spacial score (nSPS) is 28.1. The summed E-state index contributed by atoms with van der Waals surface area (Å²) in [5.74, 6) is -2.42. The predicted molar refractivity (Wildman–Crippen MR) is 68.8 cm³/mol. The van der Waals surface area contributed by atoms with Gasteiger partial charge in [0.05, 0.1) is 19.8 Å². The van der Waals surface area contributed by atoms with Crippen molar-refractivity contribution < 1.29 is 54.8 Å². The van der Waals surface area contributed by atoms with Crippen molar-refractivity contribution in [1.29, 1.82) is 0 Å². The second kappa shape index (κ2) is 8.61. The zero-order chi connectivity index (χ0) is 17.7. The van der Waals surface area contributed by atoms with Gasteiger partial charge in [-0.3, -0.25) is 4.79 Å². The van der Waals surface area contributed by atoms with Gasteiger partial charge < -0.3 is 45.2 Å². The fraction of sp³-hybridized carbons (Fsp3) is 0.833. The fourth-order valence-corrected chi connectivity index (χ4v) is 1.93. The third-order valence-corrected chi connectivity index (χ3v) is 3.34. The van der Waals surface area contributed by atoms with E-state index in [4.69, 9.17) is 20.1 Å². The summed E-state index contributed by atoms with van der Waals surface area (Å²) in [7, 11) is 0. The van der Waals surface area contributed by atoms with Gasteiger partial charge in [0, 0.05) is 0 Å². The van der Waals surface area contributed by atoms with Crippen molar-refractivity contribution in [3.8, 4) is 0 Å². The number of aliphatic hydroxyl groups excluding tert-OH is 7. The van der Waals surface area contributed by atoms with Gasteiger partial charge in [-0.05, 0) is 0 Å². The van der Waals surface area contributed by atoms with E-state index in [0.29, 0.717) is 0 Å². The molecule has 0 bridgehead atoms. The number of carbonyl (C=O) groups is 2. The Morgan fingerprint density at radius 1 is 0.957 bits per heavy atom. The molecule has 1 fully saturated rings. The van der Waals surface area contributed by atoms with Crippen LogP contribution in [0.3, 0.4) is 0 Å². The van der Waals surface area contributed by atoms with Crippen LogP contribution in [-0.4, -0.2) is 110 Å². The first kappa shape index (κ1) is 19.9. The molecule has 23 heavy (non-hydrogen) atoms. The molecule has 0 aromatic rings. The highest BCUT2D eigenvalue weighted by Gasteiger charge is 2.48. The number of esters is 1. The van der Waals surface area contributed by atoms with Crippen LogP contribution < -0.4 is 0 Å². The van der Waals surface area contributed by atoms with E-state index in [1.165, 1.54) is 0 Å². The summed E-state index contributed by atoms with van der Waals surface area (Å²) < 4.78 is 9.48. The maximum Gasteiger partial charge on any atom is 0.378 e. The Hall–Kier alpha value is -1.18. The lowest BCUT2D eigenvalue weighted by atomic mass is 10.0. The number of carbonyl (C=O) groups excluding carboxylic acids is 2. The van der Waals surface area contributed by atoms with E-state index in [9.17, 15) is 30.0 Å². The van der Waals surface area contributed by atoms with Crippen LogP contribution in [0.2, 0.25) is 0 Å². The van der Waals surface area contributed by atoms with E-state index in [1.54, 1.807) is 0 Å². The number of ketones is 1. The van der Waals surface area contributed by atoms with Gasteiger partial charge in [0.1, 0.15) is 30.5 Å². The number of rotatable bonds is 9. The molecule has 1 unspecified atom stereocenters. The van der Waals surface area contributed by atoms with Crippen molar-refractivity contribution >= 4 is 11.8 Å². The molecule has 0 amide bonds. The van der Waals surface area contributed by atoms with E-state index < -0.39 is 74.3 Å². The summed E-state index contributed by atoms with van der Waals surface area (Å²) in [6.07, 6.45) is -11.9. The summed E-state index contributed by atoms with van der Waals surface area (Å²) in [5.41, 5.74) is 0. The molecule has 0 aliphatic carbocycles. The molecule has 0 saturated carbocycles. The van der Waals surface area contributed by atoms with Gasteiger partial charge in [-0.25, -0.2) is 4.79 Å². The zero-order valence-corrected chi connectivity index (χ0v) is 11.9. The highest BCUT2D eigenvalue weighted by Crippen LogP contribution is 2.19. The van der Waals surface area contributed by atoms with E-state index in [2.05, 4.69) is 4.74 Å². The number of Topliss-reactive ketones (excluding diaryl/α,β-unsaturated/α-hetero) is 1. The van der Waals surface area contributed by atoms with Crippen LogP contribution in [0.15, 0.2) is 0 Å². The number of cyclic esters (lactones) is 1. The second-order valence-corrected chi connectivity index (χ2v) is 5.04. The minimum absolute atomic E-state index is 0.752. The molecule has 7 N–H and O–H groups in total. The largest absolute Gasteiger partial charge is 0.450 e. The summed E-state index contributed by atoms with van der Waals surface area (Å²) in [4.78, 5) is 22.7. The molecule has 0 aromatic carbocycles. The quantitative estimate of drug-likeness (QED) is 0.156. The van der Waals surface area contributed by atoms with Gasteiger partial charge in [0.2, 0.25) is 0 Å². The van der Waals surface area contributed by atoms with E-state index in [0.717, 1.165) is 0 Å². The highest BCUT2D eigenvalue weighted by molar-refractivity contribution is 6.37. The van der Waals surface area contributed by atoms with Gasteiger partial charge >= 0.3 is 5.97 Å². The Bertz CT molecular complexity index is 414. The molecule has 0 spiro atoms. The molecule has 11 nitrogen and oxygen atoms in total. The molecule has 11 heteroatoms. The standard InChI is InChI=1S/C12H20O11/c13-1-4(15)7(18)8(19)6(17)3-22-11-9(20)12(21)23-10(11)5(16)2-14/h4-8,10-11,13-19H,1-3H2/t4-,5+,6-,7-,8-,10-,11?/m1/s1. The fourth-order valence-electron chi connectivity index (χ4n) is 1.93. The van der Waals surface area contributed by atoms with Crippen molar-refractivity contribution in [3.05, 3.63) is 0 Å². The Morgan fingerprint density at radius 3 is 2.04 bits per heavy atom. The van der Waals surface area contributed by atoms with E-state index in [1.807, 2.05) is 0 Å². The molecular weight excluding hydrogens is 320 g/mol. The Labute approximate surface area is 130 Å². The van der Waals surface area contributed by atoms with Gasteiger partial charge in [-0.15, -0.1) is 0 Å². The minimum atomic E-state index is -1.91. The molecule has 0 aromatic heterocycles. The molecule has 0 radical (unpaired) electrons. The van der Waals surface area contributed by atoms with Crippen molar-refractivity contribution in [2.45, 2.75) is 42.7 Å². The molecule has 134 valence electrons. The maximum absolute atomic E-state index is 11.5. The summed E-state index contributed by atoms with van der Waals surface area (Å²) in [6, 6.07) is 0. The SMILES string of the molecule is O=C1O[C@H]([C@@H](O)CO)C(OC[C@@H](O)[C@@H](O)[C@H](O)[C@H](O)CO)C1=O. The molecule has 1 saturated heterocycles. The third kappa shape index (κ3) is 4.65. The Kier molecular flexibility index (Phi) is 7.44. The molecular formula is C12H20O11. The summed E-state index contributed by atoms with van der Waals surface area (Å²) in [6.45, 7) is -2.42. The molecule has 1 rings (SSSR count). The topological polar surface area (TPSA) is 194 Å². The Morgan fingerprint density at radius 2 is 1.52 bits per heavy atom. The van der Waals surface area contributed by atoms with Gasteiger partial charge in [-0.2, -0.15) is 0 Å². The van der Waals surface area contributed by atoms with Crippen molar-refractivity contribution in [1.82, 2.24) is 0 Å². The average Bonchev–Trinajstić information content (AvgIpc) is 2.84. The first-order chi connectivity index (χ1) is 10.7. The minimum Gasteiger partial charge on any atom is -0.450 e. The van der Waals surface area contributed by atoms with Gasteiger partial charge in [0.25, 0.3) is 5.78 Å². The second-order valence-electron chi connectivity index (χ2n) is 5.04. The average molecular weight is 340 g/mol. The first-order valence-corrected chi connectivity index (χ1v) is 6.73. The molecule has 1 aliphatic heterocycles. The maximum atomic E-state index is 11.5. The number of hydrogen-bond acceptors (Lipinski definition) is 11. The lowest BCUT2D eigenvalue weighted by Gasteiger charge is -2.27. The van der Waals surface area contributed by atoms with Crippen LogP contribution in [0, 0.1) is 0 Å². The molecule has 1 heterocycles. The molecule has 7 atom stereocenters. The van der Waals surface area contributed by atoms with Crippen LogP contribution in [0.25, 0.3) is 0 Å². The van der Waals surface area contributed by atoms with Gasteiger partial charge in [-0.1, -0.05) is 0 Å².